The zero-order valence-corrected chi connectivity index (χ0v) is 14.8. The molecule has 1 fully saturated rings. The predicted octanol–water partition coefficient (Wildman–Crippen LogP) is 3.58. The summed E-state index contributed by atoms with van der Waals surface area (Å²) in [6.45, 7) is 5.75. The zero-order chi connectivity index (χ0) is 17.6. The first-order valence-electron chi connectivity index (χ1n) is 8.86. The van der Waals surface area contributed by atoms with Crippen LogP contribution in [0.3, 0.4) is 0 Å². The van der Waals surface area contributed by atoms with Crippen molar-refractivity contribution >= 4 is 11.7 Å². The fraction of sp³-hybridized carbons (Fsp3) is 0.474. The number of benzene rings is 1. The van der Waals surface area contributed by atoms with E-state index in [1.807, 2.05) is 29.1 Å². The highest BCUT2D eigenvalue weighted by atomic mass is 16.5. The number of rotatable bonds is 5. The first-order valence-corrected chi connectivity index (χ1v) is 8.86. The molecule has 2 amide bonds. The highest BCUT2D eigenvalue weighted by molar-refractivity contribution is 5.89. The van der Waals surface area contributed by atoms with Crippen LogP contribution in [-0.2, 0) is 11.3 Å². The molecule has 1 saturated heterocycles. The number of amides is 2. The number of carbonyl (C=O) groups excluding carboxylic acids is 1. The largest absolute Gasteiger partial charge is 0.373 e. The van der Waals surface area contributed by atoms with Crippen molar-refractivity contribution in [3.8, 4) is 0 Å². The Kier molecular flexibility index (Phi) is 5.71. The minimum Gasteiger partial charge on any atom is -0.373 e. The van der Waals surface area contributed by atoms with Crippen LogP contribution in [0.1, 0.15) is 38.4 Å². The van der Waals surface area contributed by atoms with E-state index in [0.29, 0.717) is 18.2 Å². The number of nitrogens with one attached hydrogen (secondary N) is 2. The maximum atomic E-state index is 12.3. The monoisotopic (exact) mass is 342 g/mol. The molecule has 2 heterocycles. The summed E-state index contributed by atoms with van der Waals surface area (Å²) in [7, 11) is 0. The lowest BCUT2D eigenvalue weighted by Gasteiger charge is -2.30. The number of aromatic nitrogens is 2. The first kappa shape index (κ1) is 17.5. The Labute approximate surface area is 148 Å². The van der Waals surface area contributed by atoms with E-state index >= 15 is 0 Å². The molecule has 0 spiro atoms. The zero-order valence-electron chi connectivity index (χ0n) is 14.8. The number of anilines is 1. The molecule has 0 unspecified atom stereocenters. The molecule has 25 heavy (non-hydrogen) atoms. The summed E-state index contributed by atoms with van der Waals surface area (Å²) in [5.41, 5.74) is 1.87. The van der Waals surface area contributed by atoms with Crippen LogP contribution in [0.25, 0.3) is 0 Å². The van der Waals surface area contributed by atoms with Crippen LogP contribution in [-0.4, -0.2) is 28.5 Å². The van der Waals surface area contributed by atoms with Crippen LogP contribution in [0.15, 0.2) is 42.7 Å². The van der Waals surface area contributed by atoms with Gasteiger partial charge < -0.3 is 15.4 Å². The maximum absolute atomic E-state index is 12.3. The molecular weight excluding hydrogens is 316 g/mol. The highest BCUT2D eigenvalue weighted by Crippen LogP contribution is 2.27. The molecule has 0 aliphatic carbocycles. The topological polar surface area (TPSA) is 68.2 Å². The SMILES string of the molecule is CC(C)Cn1cc(NC(=O)N[C@H]2CCO[C@H](c3ccccc3)C2)cn1. The van der Waals surface area contributed by atoms with Crippen molar-refractivity contribution in [1.29, 1.82) is 0 Å². The van der Waals surface area contributed by atoms with Crippen LogP contribution >= 0.6 is 0 Å². The summed E-state index contributed by atoms with van der Waals surface area (Å²) in [5.74, 6) is 0.513. The molecule has 134 valence electrons. The van der Waals surface area contributed by atoms with Gasteiger partial charge in [-0.2, -0.15) is 5.10 Å². The minimum atomic E-state index is -0.192. The molecule has 0 bridgehead atoms. The van der Waals surface area contributed by atoms with Gasteiger partial charge in [-0.25, -0.2) is 4.79 Å². The predicted molar refractivity (Wildman–Crippen MR) is 97.4 cm³/mol. The summed E-state index contributed by atoms with van der Waals surface area (Å²) >= 11 is 0. The number of hydrogen-bond donors (Lipinski definition) is 2. The average molecular weight is 342 g/mol. The summed E-state index contributed by atoms with van der Waals surface area (Å²) in [5, 5.41) is 10.2. The number of nitrogens with zero attached hydrogens (tertiary/aromatic N) is 2. The van der Waals surface area contributed by atoms with Crippen molar-refractivity contribution in [3.05, 3.63) is 48.3 Å². The summed E-state index contributed by atoms with van der Waals surface area (Å²) in [6.07, 6.45) is 5.18. The van der Waals surface area contributed by atoms with Crippen molar-refractivity contribution < 1.29 is 9.53 Å². The van der Waals surface area contributed by atoms with Gasteiger partial charge in [0.15, 0.2) is 0 Å². The van der Waals surface area contributed by atoms with E-state index in [0.717, 1.165) is 24.9 Å². The van der Waals surface area contributed by atoms with Gasteiger partial charge in [-0.05, 0) is 24.3 Å². The quantitative estimate of drug-likeness (QED) is 0.873. The molecule has 2 atom stereocenters. The van der Waals surface area contributed by atoms with Crippen LogP contribution in [0, 0.1) is 5.92 Å². The molecule has 1 aliphatic rings. The van der Waals surface area contributed by atoms with E-state index in [-0.39, 0.29) is 18.2 Å². The molecule has 6 nitrogen and oxygen atoms in total. The van der Waals surface area contributed by atoms with Crippen molar-refractivity contribution in [2.75, 3.05) is 11.9 Å². The fourth-order valence-electron chi connectivity index (χ4n) is 3.08. The van der Waals surface area contributed by atoms with Crippen molar-refractivity contribution in [2.45, 2.75) is 45.4 Å². The lowest BCUT2D eigenvalue weighted by molar-refractivity contribution is 0.00254. The molecule has 3 rings (SSSR count). The Bertz CT molecular complexity index is 684. The van der Waals surface area contributed by atoms with Gasteiger partial charge >= 0.3 is 6.03 Å². The summed E-state index contributed by atoms with van der Waals surface area (Å²) < 4.78 is 7.70. The number of carbonyl (C=O) groups is 1. The highest BCUT2D eigenvalue weighted by Gasteiger charge is 2.25. The standard InChI is InChI=1S/C19H26N4O2/c1-14(2)12-23-13-17(11-20-23)22-19(24)21-16-8-9-25-18(10-16)15-6-4-3-5-7-15/h3-7,11,13-14,16,18H,8-10,12H2,1-2H3,(H2,21,22,24)/t16-,18-/m0/s1. The summed E-state index contributed by atoms with van der Waals surface area (Å²) in [4.78, 5) is 12.3. The van der Waals surface area contributed by atoms with Gasteiger partial charge in [0.1, 0.15) is 0 Å². The Hall–Kier alpha value is -2.34. The second-order valence-corrected chi connectivity index (χ2v) is 6.93. The van der Waals surface area contributed by atoms with Gasteiger partial charge in [0, 0.05) is 25.4 Å². The fourth-order valence-corrected chi connectivity index (χ4v) is 3.08. The lowest BCUT2D eigenvalue weighted by atomic mass is 9.97. The Morgan fingerprint density at radius 3 is 2.92 bits per heavy atom. The van der Waals surface area contributed by atoms with Gasteiger partial charge in [-0.3, -0.25) is 4.68 Å². The average Bonchev–Trinajstić information content (AvgIpc) is 3.02. The molecule has 1 aliphatic heterocycles. The number of hydrogen-bond acceptors (Lipinski definition) is 3. The van der Waals surface area contributed by atoms with E-state index in [2.05, 4.69) is 41.7 Å². The molecule has 1 aromatic heterocycles. The molecule has 2 aromatic rings. The van der Waals surface area contributed by atoms with Gasteiger partial charge in [-0.1, -0.05) is 44.2 Å². The van der Waals surface area contributed by atoms with Crippen molar-refractivity contribution in [1.82, 2.24) is 15.1 Å². The van der Waals surface area contributed by atoms with E-state index in [9.17, 15) is 4.79 Å². The van der Waals surface area contributed by atoms with E-state index in [4.69, 9.17) is 4.74 Å². The maximum Gasteiger partial charge on any atom is 0.319 e. The smallest absolute Gasteiger partial charge is 0.319 e. The third-order valence-electron chi connectivity index (χ3n) is 4.23. The van der Waals surface area contributed by atoms with Crippen LogP contribution in [0.2, 0.25) is 0 Å². The molecule has 0 saturated carbocycles. The minimum absolute atomic E-state index is 0.0361. The Morgan fingerprint density at radius 2 is 2.16 bits per heavy atom. The molecular formula is C19H26N4O2. The molecule has 6 heteroatoms. The normalized spacial score (nSPS) is 20.4. The molecule has 2 N–H and O–H groups in total. The Balaban J connectivity index is 1.51. The van der Waals surface area contributed by atoms with Gasteiger partial charge in [-0.15, -0.1) is 0 Å². The van der Waals surface area contributed by atoms with E-state index in [1.165, 1.54) is 0 Å². The summed E-state index contributed by atoms with van der Waals surface area (Å²) in [6, 6.07) is 10.1. The third kappa shape index (κ3) is 5.06. The number of urea groups is 1. The van der Waals surface area contributed by atoms with Crippen molar-refractivity contribution in [2.24, 2.45) is 5.92 Å². The molecule has 0 radical (unpaired) electrons. The Morgan fingerprint density at radius 1 is 1.36 bits per heavy atom. The van der Waals surface area contributed by atoms with Gasteiger partial charge in [0.25, 0.3) is 0 Å². The van der Waals surface area contributed by atoms with E-state index in [1.54, 1.807) is 6.20 Å². The second kappa shape index (κ2) is 8.16. The van der Waals surface area contributed by atoms with Gasteiger partial charge in [0.2, 0.25) is 0 Å². The third-order valence-corrected chi connectivity index (χ3v) is 4.23. The number of ether oxygens (including phenoxy) is 1. The van der Waals surface area contributed by atoms with Crippen LogP contribution in [0.4, 0.5) is 10.5 Å². The lowest BCUT2D eigenvalue weighted by Crippen LogP contribution is -2.41. The van der Waals surface area contributed by atoms with Gasteiger partial charge in [0.05, 0.1) is 18.0 Å². The van der Waals surface area contributed by atoms with Crippen molar-refractivity contribution in [3.63, 3.8) is 0 Å². The molecule has 1 aromatic carbocycles. The van der Waals surface area contributed by atoms with E-state index < -0.39 is 0 Å². The van der Waals surface area contributed by atoms with Crippen LogP contribution < -0.4 is 10.6 Å². The second-order valence-electron chi connectivity index (χ2n) is 6.93. The van der Waals surface area contributed by atoms with Crippen LogP contribution in [0.5, 0.6) is 0 Å². The first-order chi connectivity index (χ1) is 12.1.